The second kappa shape index (κ2) is 5.50. The van der Waals surface area contributed by atoms with Crippen LogP contribution in [0.25, 0.3) is 0 Å². The highest BCUT2D eigenvalue weighted by Gasteiger charge is 2.25. The van der Waals surface area contributed by atoms with Crippen molar-refractivity contribution in [3.05, 3.63) is 28.8 Å². The predicted octanol–water partition coefficient (Wildman–Crippen LogP) is 4.35. The monoisotopic (exact) mass is 269 g/mol. The lowest BCUT2D eigenvalue weighted by atomic mass is 9.82. The van der Waals surface area contributed by atoms with Crippen LogP contribution in [0.4, 0.5) is 0 Å². The lowest BCUT2D eigenvalue weighted by Crippen LogP contribution is -2.41. The maximum absolute atomic E-state index is 9.86. The molecular formula is C15H24ClNO. The number of hydrogen-bond donors (Lipinski definition) is 2. The van der Waals surface area contributed by atoms with Gasteiger partial charge in [-0.25, -0.2) is 0 Å². The van der Waals surface area contributed by atoms with Gasteiger partial charge in [0.1, 0.15) is 5.75 Å². The van der Waals surface area contributed by atoms with Gasteiger partial charge in [0, 0.05) is 17.6 Å². The van der Waals surface area contributed by atoms with Crippen molar-refractivity contribution in [1.82, 2.24) is 5.32 Å². The van der Waals surface area contributed by atoms with Gasteiger partial charge in [-0.15, -0.1) is 0 Å². The second-order valence-electron chi connectivity index (χ2n) is 6.72. The van der Waals surface area contributed by atoms with E-state index in [-0.39, 0.29) is 16.7 Å². The molecule has 18 heavy (non-hydrogen) atoms. The van der Waals surface area contributed by atoms with Crippen molar-refractivity contribution in [2.75, 3.05) is 0 Å². The molecule has 0 radical (unpaired) electrons. The molecule has 1 aromatic rings. The molecular weight excluding hydrogens is 246 g/mol. The number of phenols is 1. The van der Waals surface area contributed by atoms with Gasteiger partial charge in [0.25, 0.3) is 0 Å². The van der Waals surface area contributed by atoms with Crippen molar-refractivity contribution in [3.63, 3.8) is 0 Å². The Morgan fingerprint density at radius 1 is 1.17 bits per heavy atom. The fourth-order valence-corrected chi connectivity index (χ4v) is 2.62. The van der Waals surface area contributed by atoms with E-state index in [9.17, 15) is 5.11 Å². The summed E-state index contributed by atoms with van der Waals surface area (Å²) >= 11 is 5.89. The molecule has 0 saturated carbocycles. The average Bonchev–Trinajstić information content (AvgIpc) is 2.17. The van der Waals surface area contributed by atoms with Gasteiger partial charge in [0.15, 0.2) is 0 Å². The Morgan fingerprint density at radius 2 is 1.78 bits per heavy atom. The summed E-state index contributed by atoms with van der Waals surface area (Å²) < 4.78 is 0. The molecule has 0 saturated heterocycles. The highest BCUT2D eigenvalue weighted by molar-refractivity contribution is 6.32. The molecule has 0 spiro atoms. The maximum atomic E-state index is 9.86. The van der Waals surface area contributed by atoms with Crippen molar-refractivity contribution >= 4 is 11.6 Å². The highest BCUT2D eigenvalue weighted by atomic mass is 35.5. The van der Waals surface area contributed by atoms with E-state index in [1.54, 1.807) is 6.07 Å². The van der Waals surface area contributed by atoms with Gasteiger partial charge in [0.2, 0.25) is 0 Å². The summed E-state index contributed by atoms with van der Waals surface area (Å²) in [6.45, 7) is 11.7. The summed E-state index contributed by atoms with van der Waals surface area (Å²) in [5, 5.41) is 13.7. The molecule has 0 atom stereocenters. The molecule has 1 rings (SSSR count). The van der Waals surface area contributed by atoms with E-state index in [4.69, 9.17) is 11.6 Å². The quantitative estimate of drug-likeness (QED) is 0.852. The van der Waals surface area contributed by atoms with Crippen LogP contribution in [0.15, 0.2) is 18.2 Å². The Hall–Kier alpha value is -0.730. The van der Waals surface area contributed by atoms with Crippen molar-refractivity contribution in [2.24, 2.45) is 5.41 Å². The summed E-state index contributed by atoms with van der Waals surface area (Å²) in [6.07, 6.45) is 1.06. The third-order valence-electron chi connectivity index (χ3n) is 2.80. The van der Waals surface area contributed by atoms with Crippen molar-refractivity contribution in [2.45, 2.75) is 53.1 Å². The normalized spacial score (nSPS) is 12.8. The number of nitrogens with one attached hydrogen (secondary N) is 1. The Morgan fingerprint density at radius 3 is 2.33 bits per heavy atom. The van der Waals surface area contributed by atoms with E-state index < -0.39 is 0 Å². The fourth-order valence-electron chi connectivity index (χ4n) is 2.43. The standard InChI is InChI=1S/C15H24ClNO/c1-14(2,3)10-15(4,5)17-9-11-7-6-8-12(16)13(11)18/h6-8,17-18H,9-10H2,1-5H3. The summed E-state index contributed by atoms with van der Waals surface area (Å²) in [6, 6.07) is 5.44. The van der Waals surface area contributed by atoms with Crippen LogP contribution in [-0.4, -0.2) is 10.6 Å². The Bertz CT molecular complexity index is 407. The Labute approximate surface area is 115 Å². The molecule has 0 aliphatic carbocycles. The van der Waals surface area contributed by atoms with Crippen LogP contribution in [0, 0.1) is 5.41 Å². The molecule has 0 bridgehead atoms. The van der Waals surface area contributed by atoms with E-state index in [0.29, 0.717) is 11.6 Å². The molecule has 0 aromatic heterocycles. The maximum Gasteiger partial charge on any atom is 0.138 e. The number of hydrogen-bond acceptors (Lipinski definition) is 2. The van der Waals surface area contributed by atoms with Crippen LogP contribution in [0.5, 0.6) is 5.75 Å². The first-order valence-electron chi connectivity index (χ1n) is 6.32. The zero-order valence-electron chi connectivity index (χ0n) is 12.0. The molecule has 102 valence electrons. The molecule has 0 fully saturated rings. The summed E-state index contributed by atoms with van der Waals surface area (Å²) in [4.78, 5) is 0. The van der Waals surface area contributed by atoms with Crippen LogP contribution in [0.3, 0.4) is 0 Å². The van der Waals surface area contributed by atoms with E-state index in [0.717, 1.165) is 12.0 Å². The van der Waals surface area contributed by atoms with E-state index >= 15 is 0 Å². The van der Waals surface area contributed by atoms with E-state index in [1.807, 2.05) is 12.1 Å². The minimum atomic E-state index is 0.0208. The lowest BCUT2D eigenvalue weighted by Gasteiger charge is -2.33. The third kappa shape index (κ3) is 4.87. The van der Waals surface area contributed by atoms with Gasteiger partial charge in [-0.3, -0.25) is 0 Å². The topological polar surface area (TPSA) is 32.3 Å². The largest absolute Gasteiger partial charge is 0.506 e. The molecule has 0 aliphatic heterocycles. The molecule has 2 N–H and O–H groups in total. The third-order valence-corrected chi connectivity index (χ3v) is 3.11. The molecule has 1 aromatic carbocycles. The number of aromatic hydroxyl groups is 1. The summed E-state index contributed by atoms with van der Waals surface area (Å²) in [5.41, 5.74) is 1.13. The SMILES string of the molecule is CC(C)(C)CC(C)(C)NCc1cccc(Cl)c1O. The van der Waals surface area contributed by atoms with E-state index in [1.165, 1.54) is 0 Å². The number of benzene rings is 1. The van der Waals surface area contributed by atoms with Crippen LogP contribution in [-0.2, 0) is 6.54 Å². The van der Waals surface area contributed by atoms with Crippen LogP contribution in [0.2, 0.25) is 5.02 Å². The Balaban J connectivity index is 2.67. The van der Waals surface area contributed by atoms with Gasteiger partial charge < -0.3 is 10.4 Å². The van der Waals surface area contributed by atoms with Crippen molar-refractivity contribution in [1.29, 1.82) is 0 Å². The first-order chi connectivity index (χ1) is 8.11. The van der Waals surface area contributed by atoms with Gasteiger partial charge in [0.05, 0.1) is 5.02 Å². The van der Waals surface area contributed by atoms with Crippen LogP contribution in [0.1, 0.15) is 46.6 Å². The van der Waals surface area contributed by atoms with Crippen LogP contribution >= 0.6 is 11.6 Å². The van der Waals surface area contributed by atoms with Gasteiger partial charge in [-0.1, -0.05) is 44.5 Å². The number of para-hydroxylation sites is 1. The second-order valence-corrected chi connectivity index (χ2v) is 7.13. The minimum Gasteiger partial charge on any atom is -0.506 e. The van der Waals surface area contributed by atoms with Crippen molar-refractivity contribution in [3.8, 4) is 5.75 Å². The Kier molecular flexibility index (Phi) is 4.68. The van der Waals surface area contributed by atoms with Gasteiger partial charge in [-0.05, 0) is 31.7 Å². The summed E-state index contributed by atoms with van der Waals surface area (Å²) in [5.74, 6) is 0.179. The predicted molar refractivity (Wildman–Crippen MR) is 78.1 cm³/mol. The highest BCUT2D eigenvalue weighted by Crippen LogP contribution is 2.29. The zero-order chi connectivity index (χ0) is 14.0. The first-order valence-corrected chi connectivity index (χ1v) is 6.70. The minimum absolute atomic E-state index is 0.0208. The molecule has 0 aliphatic rings. The fraction of sp³-hybridized carbons (Fsp3) is 0.600. The molecule has 0 unspecified atom stereocenters. The molecule has 3 heteroatoms. The number of halogens is 1. The molecule has 0 heterocycles. The number of rotatable bonds is 4. The van der Waals surface area contributed by atoms with Gasteiger partial charge >= 0.3 is 0 Å². The molecule has 0 amide bonds. The number of phenolic OH excluding ortho intramolecular Hbond substituents is 1. The van der Waals surface area contributed by atoms with Crippen molar-refractivity contribution < 1.29 is 5.11 Å². The smallest absolute Gasteiger partial charge is 0.138 e. The average molecular weight is 270 g/mol. The zero-order valence-corrected chi connectivity index (χ0v) is 12.7. The van der Waals surface area contributed by atoms with Gasteiger partial charge in [-0.2, -0.15) is 0 Å². The van der Waals surface area contributed by atoms with Crippen LogP contribution < -0.4 is 5.32 Å². The molecule has 2 nitrogen and oxygen atoms in total. The first kappa shape index (κ1) is 15.3. The lowest BCUT2D eigenvalue weighted by molar-refractivity contribution is 0.240. The summed E-state index contributed by atoms with van der Waals surface area (Å²) in [7, 11) is 0. The van der Waals surface area contributed by atoms with E-state index in [2.05, 4.69) is 39.9 Å².